The zero-order chi connectivity index (χ0) is 21.1. The molecule has 1 saturated heterocycles. The molecule has 0 bridgehead atoms. The third-order valence-corrected chi connectivity index (χ3v) is 5.78. The van der Waals surface area contributed by atoms with Gasteiger partial charge in [-0.2, -0.15) is 0 Å². The van der Waals surface area contributed by atoms with Gasteiger partial charge in [-0.05, 0) is 25.1 Å². The van der Waals surface area contributed by atoms with E-state index in [1.165, 1.54) is 6.07 Å². The van der Waals surface area contributed by atoms with Crippen LogP contribution < -0.4 is 10.2 Å². The molecule has 2 aromatic carbocycles. The quantitative estimate of drug-likeness (QED) is 0.489. The number of nitrogens with one attached hydrogen (secondary N) is 1. The number of carbonyl (C=O) groups is 1. The van der Waals surface area contributed by atoms with Crippen LogP contribution in [0, 0.1) is 17.0 Å². The molecule has 3 aromatic rings. The fourth-order valence-electron chi connectivity index (χ4n) is 3.17. The molecule has 1 aliphatic rings. The highest BCUT2D eigenvalue weighted by Crippen LogP contribution is 2.29. The summed E-state index contributed by atoms with van der Waals surface area (Å²) in [6.45, 7) is 4.76. The van der Waals surface area contributed by atoms with Crippen LogP contribution in [0.4, 0.5) is 16.5 Å². The van der Waals surface area contributed by atoms with Crippen molar-refractivity contribution in [3.05, 3.63) is 69.1 Å². The number of morpholine rings is 1. The summed E-state index contributed by atoms with van der Waals surface area (Å²) >= 11 is 1.60. The van der Waals surface area contributed by atoms with Crippen molar-refractivity contribution in [3.63, 3.8) is 0 Å². The van der Waals surface area contributed by atoms with Crippen molar-refractivity contribution in [1.82, 2.24) is 4.98 Å². The first-order valence-corrected chi connectivity index (χ1v) is 10.3. The zero-order valence-electron chi connectivity index (χ0n) is 16.3. The van der Waals surface area contributed by atoms with Crippen LogP contribution in [0.5, 0.6) is 0 Å². The number of nitro benzene ring substituents is 1. The van der Waals surface area contributed by atoms with Gasteiger partial charge in [-0.25, -0.2) is 4.98 Å². The lowest BCUT2D eigenvalue weighted by molar-refractivity contribution is -0.385. The van der Waals surface area contributed by atoms with Crippen LogP contribution in [0.2, 0.25) is 0 Å². The molecule has 1 amide bonds. The van der Waals surface area contributed by atoms with Crippen LogP contribution in [-0.2, 0) is 4.74 Å². The molecule has 8 nitrogen and oxygen atoms in total. The minimum atomic E-state index is -0.486. The number of anilines is 2. The van der Waals surface area contributed by atoms with E-state index in [0.29, 0.717) is 24.5 Å². The monoisotopic (exact) mass is 424 g/mol. The fraction of sp³-hybridized carbons (Fsp3) is 0.238. The minimum absolute atomic E-state index is 0.0717. The van der Waals surface area contributed by atoms with Gasteiger partial charge in [0, 0.05) is 46.9 Å². The Labute approximate surface area is 177 Å². The van der Waals surface area contributed by atoms with Gasteiger partial charge in [0.2, 0.25) is 0 Å². The van der Waals surface area contributed by atoms with Crippen LogP contribution in [0.15, 0.2) is 47.8 Å². The summed E-state index contributed by atoms with van der Waals surface area (Å²) in [7, 11) is 0. The average molecular weight is 424 g/mol. The van der Waals surface area contributed by atoms with Crippen molar-refractivity contribution in [2.45, 2.75) is 6.92 Å². The van der Waals surface area contributed by atoms with Crippen molar-refractivity contribution < 1.29 is 14.5 Å². The number of benzene rings is 2. The fourth-order valence-corrected chi connectivity index (χ4v) is 4.06. The molecule has 154 valence electrons. The summed E-state index contributed by atoms with van der Waals surface area (Å²) in [5.41, 5.74) is 3.13. The number of hydrogen-bond acceptors (Lipinski definition) is 7. The third kappa shape index (κ3) is 4.32. The Hall–Kier alpha value is -3.30. The molecule has 0 aliphatic carbocycles. The lowest BCUT2D eigenvalue weighted by Crippen LogP contribution is -2.36. The number of aryl methyl sites for hydroxylation is 1. The van der Waals surface area contributed by atoms with Gasteiger partial charge in [-0.1, -0.05) is 18.2 Å². The second-order valence-electron chi connectivity index (χ2n) is 6.90. The predicted molar refractivity (Wildman–Crippen MR) is 116 cm³/mol. The molecular weight excluding hydrogens is 404 g/mol. The van der Waals surface area contributed by atoms with E-state index in [-0.39, 0.29) is 11.3 Å². The number of thiazole rings is 1. The van der Waals surface area contributed by atoms with Gasteiger partial charge in [-0.15, -0.1) is 11.3 Å². The maximum absolute atomic E-state index is 12.5. The first kappa shape index (κ1) is 20.0. The Morgan fingerprint density at radius 2 is 1.93 bits per heavy atom. The van der Waals surface area contributed by atoms with Crippen LogP contribution in [-0.4, -0.2) is 42.1 Å². The van der Waals surface area contributed by atoms with Crippen LogP contribution in [0.3, 0.4) is 0 Å². The van der Waals surface area contributed by atoms with Crippen molar-refractivity contribution in [3.8, 4) is 11.3 Å². The molecule has 9 heteroatoms. The molecule has 0 unspecified atom stereocenters. The summed E-state index contributed by atoms with van der Waals surface area (Å²) in [5, 5.41) is 16.9. The minimum Gasteiger partial charge on any atom is -0.378 e. The third-order valence-electron chi connectivity index (χ3n) is 4.88. The summed E-state index contributed by atoms with van der Waals surface area (Å²) < 4.78 is 5.38. The highest BCUT2D eigenvalue weighted by Gasteiger charge is 2.16. The molecule has 0 saturated carbocycles. The highest BCUT2D eigenvalue weighted by atomic mass is 32.1. The van der Waals surface area contributed by atoms with Crippen LogP contribution >= 0.6 is 11.3 Å². The second kappa shape index (κ2) is 8.60. The van der Waals surface area contributed by atoms with E-state index in [9.17, 15) is 14.9 Å². The number of aromatic nitrogens is 1. The molecule has 1 aliphatic heterocycles. The van der Waals surface area contributed by atoms with Gasteiger partial charge in [0.1, 0.15) is 0 Å². The summed E-state index contributed by atoms with van der Waals surface area (Å²) in [6, 6.07) is 11.8. The standard InChI is InChI=1S/C21H20N4O4S/c1-14-2-3-16(12-19(14)25(27)28)20(26)22-17-6-4-15(5-7-17)18-13-30-21(23-18)24-8-10-29-11-9-24/h2-7,12-13H,8-11H2,1H3,(H,22,26). The maximum atomic E-state index is 12.5. The lowest BCUT2D eigenvalue weighted by atomic mass is 10.1. The zero-order valence-corrected chi connectivity index (χ0v) is 17.1. The van der Waals surface area contributed by atoms with Gasteiger partial charge >= 0.3 is 0 Å². The molecule has 0 spiro atoms. The molecule has 0 atom stereocenters. The van der Waals surface area contributed by atoms with E-state index in [1.54, 1.807) is 42.5 Å². The Bertz CT molecular complexity index is 1070. The van der Waals surface area contributed by atoms with Crippen molar-refractivity contribution in [2.75, 3.05) is 36.5 Å². The number of rotatable bonds is 5. The molecule has 1 fully saturated rings. The van der Waals surface area contributed by atoms with Gasteiger partial charge < -0.3 is 15.0 Å². The molecule has 1 aromatic heterocycles. The van der Waals surface area contributed by atoms with E-state index in [1.807, 2.05) is 17.5 Å². The van der Waals surface area contributed by atoms with E-state index in [2.05, 4.69) is 10.2 Å². The van der Waals surface area contributed by atoms with Crippen molar-refractivity contribution >= 4 is 33.8 Å². The number of nitrogens with zero attached hydrogens (tertiary/aromatic N) is 3. The van der Waals surface area contributed by atoms with Crippen LogP contribution in [0.25, 0.3) is 11.3 Å². The van der Waals surface area contributed by atoms with Gasteiger partial charge in [0.05, 0.1) is 23.8 Å². The number of carbonyl (C=O) groups excluding carboxylic acids is 1. The smallest absolute Gasteiger partial charge is 0.273 e. The molecule has 0 radical (unpaired) electrons. The average Bonchev–Trinajstić information content (AvgIpc) is 3.25. The number of nitro groups is 1. The second-order valence-corrected chi connectivity index (χ2v) is 7.74. The summed E-state index contributed by atoms with van der Waals surface area (Å²) in [4.78, 5) is 30.0. The van der Waals surface area contributed by atoms with Gasteiger partial charge in [0.25, 0.3) is 11.6 Å². The summed E-state index contributed by atoms with van der Waals surface area (Å²) in [6.07, 6.45) is 0. The van der Waals surface area contributed by atoms with Crippen molar-refractivity contribution in [1.29, 1.82) is 0 Å². The number of amides is 1. The van der Waals surface area contributed by atoms with Gasteiger partial charge in [0.15, 0.2) is 5.13 Å². The summed E-state index contributed by atoms with van der Waals surface area (Å²) in [5.74, 6) is -0.394. The topological polar surface area (TPSA) is 97.6 Å². The first-order chi connectivity index (χ1) is 14.5. The number of hydrogen-bond donors (Lipinski definition) is 1. The molecule has 4 rings (SSSR count). The SMILES string of the molecule is Cc1ccc(C(=O)Nc2ccc(-c3csc(N4CCOCC4)n3)cc2)cc1[N+](=O)[O-]. The van der Waals surface area contributed by atoms with Crippen molar-refractivity contribution in [2.24, 2.45) is 0 Å². The molecular formula is C21H20N4O4S. The Morgan fingerprint density at radius 1 is 1.20 bits per heavy atom. The lowest BCUT2D eigenvalue weighted by Gasteiger charge is -2.26. The Morgan fingerprint density at radius 3 is 2.63 bits per heavy atom. The Kier molecular flexibility index (Phi) is 5.73. The number of ether oxygens (including phenoxy) is 1. The van der Waals surface area contributed by atoms with Crippen LogP contribution in [0.1, 0.15) is 15.9 Å². The first-order valence-electron chi connectivity index (χ1n) is 9.46. The highest BCUT2D eigenvalue weighted by molar-refractivity contribution is 7.14. The van der Waals surface area contributed by atoms with E-state index >= 15 is 0 Å². The van der Waals surface area contributed by atoms with E-state index in [4.69, 9.17) is 9.72 Å². The normalized spacial score (nSPS) is 13.8. The molecule has 1 N–H and O–H groups in total. The molecule has 2 heterocycles. The van der Waals surface area contributed by atoms with E-state index < -0.39 is 10.8 Å². The van der Waals surface area contributed by atoms with E-state index in [0.717, 1.165) is 29.5 Å². The maximum Gasteiger partial charge on any atom is 0.273 e. The Balaban J connectivity index is 1.45. The predicted octanol–water partition coefficient (Wildman–Crippen LogP) is 4.12. The largest absolute Gasteiger partial charge is 0.378 e. The molecule has 30 heavy (non-hydrogen) atoms. The van der Waals surface area contributed by atoms with Gasteiger partial charge in [-0.3, -0.25) is 14.9 Å².